The monoisotopic (exact) mass is 291 g/mol. The molecule has 0 aliphatic carbocycles. The van der Waals surface area contributed by atoms with E-state index in [4.69, 9.17) is 4.74 Å². The van der Waals surface area contributed by atoms with E-state index in [-0.39, 0.29) is 5.41 Å². The van der Waals surface area contributed by atoms with Crippen molar-refractivity contribution in [3.8, 4) is 5.75 Å². The zero-order valence-corrected chi connectivity index (χ0v) is 13.6. The van der Waals surface area contributed by atoms with Gasteiger partial charge in [0.2, 0.25) is 0 Å². The molecule has 21 heavy (non-hydrogen) atoms. The van der Waals surface area contributed by atoms with Crippen LogP contribution < -0.4 is 4.74 Å². The molecule has 1 unspecified atom stereocenters. The van der Waals surface area contributed by atoms with Crippen LogP contribution in [-0.2, 0) is 5.41 Å². The second-order valence-corrected chi connectivity index (χ2v) is 7.07. The highest BCUT2D eigenvalue weighted by molar-refractivity contribution is 5.38. The van der Waals surface area contributed by atoms with Crippen LogP contribution in [0.25, 0.3) is 0 Å². The second-order valence-electron chi connectivity index (χ2n) is 7.07. The first-order chi connectivity index (χ1) is 9.97. The Morgan fingerprint density at radius 3 is 2.48 bits per heavy atom. The molecule has 3 heteroatoms. The first-order valence-corrected chi connectivity index (χ1v) is 8.09. The Morgan fingerprint density at radius 2 is 1.81 bits per heavy atom. The first-order valence-electron chi connectivity index (χ1n) is 8.09. The summed E-state index contributed by atoms with van der Waals surface area (Å²) in [6.07, 6.45) is 3.40. The number of benzene rings is 1. The average Bonchev–Trinajstić information content (AvgIpc) is 2.45. The standard InChI is InChI=1S/C18H29NO2/c1-18(2,3)16-9-5-6-10-17(16)21-14-15(20)13-19-11-7-4-8-12-19/h5-6,9-10,15,20H,4,7-8,11-14H2,1-3H3. The third kappa shape index (κ3) is 5.01. The van der Waals surface area contributed by atoms with Crippen LogP contribution in [0.2, 0.25) is 0 Å². The average molecular weight is 291 g/mol. The number of β-amino-alcohol motifs (C(OH)–C–C–N with tert-alkyl or cyclic N) is 1. The molecule has 1 N–H and O–H groups in total. The molecular weight excluding hydrogens is 262 g/mol. The van der Waals surface area contributed by atoms with Gasteiger partial charge in [0.15, 0.2) is 0 Å². The van der Waals surface area contributed by atoms with Crippen molar-refractivity contribution in [2.75, 3.05) is 26.2 Å². The topological polar surface area (TPSA) is 32.7 Å². The van der Waals surface area contributed by atoms with Gasteiger partial charge in [-0.05, 0) is 43.0 Å². The van der Waals surface area contributed by atoms with Crippen LogP contribution >= 0.6 is 0 Å². The molecule has 1 aliphatic rings. The van der Waals surface area contributed by atoms with Crippen LogP contribution in [0.4, 0.5) is 0 Å². The van der Waals surface area contributed by atoms with Crippen molar-refractivity contribution in [1.82, 2.24) is 4.90 Å². The number of hydrogen-bond donors (Lipinski definition) is 1. The Hall–Kier alpha value is -1.06. The quantitative estimate of drug-likeness (QED) is 0.904. The molecule has 1 aliphatic heterocycles. The van der Waals surface area contributed by atoms with Crippen molar-refractivity contribution in [2.45, 2.75) is 51.6 Å². The lowest BCUT2D eigenvalue weighted by Gasteiger charge is -2.29. The Bertz CT molecular complexity index is 433. The van der Waals surface area contributed by atoms with Crippen LogP contribution in [0, 0.1) is 0 Å². The number of rotatable bonds is 5. The van der Waals surface area contributed by atoms with Crippen molar-refractivity contribution < 1.29 is 9.84 Å². The number of nitrogens with zero attached hydrogens (tertiary/aromatic N) is 1. The fraction of sp³-hybridized carbons (Fsp3) is 0.667. The molecule has 0 amide bonds. The molecule has 2 rings (SSSR count). The summed E-state index contributed by atoms with van der Waals surface area (Å²) in [6, 6.07) is 8.12. The summed E-state index contributed by atoms with van der Waals surface area (Å²) >= 11 is 0. The number of hydrogen-bond acceptors (Lipinski definition) is 3. The summed E-state index contributed by atoms with van der Waals surface area (Å²) in [7, 11) is 0. The highest BCUT2D eigenvalue weighted by Crippen LogP contribution is 2.30. The Morgan fingerprint density at radius 1 is 1.14 bits per heavy atom. The van der Waals surface area contributed by atoms with E-state index >= 15 is 0 Å². The maximum atomic E-state index is 10.2. The molecule has 0 bridgehead atoms. The summed E-state index contributed by atoms with van der Waals surface area (Å²) in [4.78, 5) is 2.34. The van der Waals surface area contributed by atoms with E-state index in [1.807, 2.05) is 18.2 Å². The van der Waals surface area contributed by atoms with E-state index in [9.17, 15) is 5.11 Å². The first kappa shape index (κ1) is 16.3. The van der Waals surface area contributed by atoms with Crippen molar-refractivity contribution in [2.24, 2.45) is 0 Å². The van der Waals surface area contributed by atoms with Crippen molar-refractivity contribution in [3.05, 3.63) is 29.8 Å². The van der Waals surface area contributed by atoms with Crippen molar-refractivity contribution in [3.63, 3.8) is 0 Å². The van der Waals surface area contributed by atoms with Gasteiger partial charge in [-0.3, -0.25) is 0 Å². The molecule has 1 aromatic rings. The van der Waals surface area contributed by atoms with E-state index < -0.39 is 6.10 Å². The Labute approximate surface area is 128 Å². The smallest absolute Gasteiger partial charge is 0.123 e. The van der Waals surface area contributed by atoms with Crippen molar-refractivity contribution >= 4 is 0 Å². The van der Waals surface area contributed by atoms with Crippen LogP contribution in [0.3, 0.4) is 0 Å². The second kappa shape index (κ2) is 7.28. The van der Waals surface area contributed by atoms with E-state index in [2.05, 4.69) is 31.7 Å². The van der Waals surface area contributed by atoms with Gasteiger partial charge in [-0.1, -0.05) is 45.4 Å². The van der Waals surface area contributed by atoms with Gasteiger partial charge in [-0.25, -0.2) is 0 Å². The molecule has 1 saturated heterocycles. The number of aliphatic hydroxyl groups is 1. The summed E-state index contributed by atoms with van der Waals surface area (Å²) < 4.78 is 5.89. The predicted octanol–water partition coefficient (Wildman–Crippen LogP) is 3.21. The van der Waals surface area contributed by atoms with E-state index in [1.165, 1.54) is 24.8 Å². The van der Waals surface area contributed by atoms with E-state index in [1.54, 1.807) is 0 Å². The molecule has 1 aromatic carbocycles. The number of para-hydroxylation sites is 1. The number of aliphatic hydroxyl groups excluding tert-OH is 1. The maximum Gasteiger partial charge on any atom is 0.123 e. The summed E-state index contributed by atoms with van der Waals surface area (Å²) in [5.41, 5.74) is 1.24. The SMILES string of the molecule is CC(C)(C)c1ccccc1OCC(O)CN1CCCCC1. The minimum Gasteiger partial charge on any atom is -0.491 e. The zero-order chi connectivity index (χ0) is 15.3. The van der Waals surface area contributed by atoms with Crippen LogP contribution in [0.5, 0.6) is 5.75 Å². The van der Waals surface area contributed by atoms with E-state index in [0.717, 1.165) is 25.4 Å². The fourth-order valence-corrected chi connectivity index (χ4v) is 2.89. The van der Waals surface area contributed by atoms with Crippen LogP contribution in [0.15, 0.2) is 24.3 Å². The predicted molar refractivity (Wildman–Crippen MR) is 86.9 cm³/mol. The lowest BCUT2D eigenvalue weighted by molar-refractivity contribution is 0.0611. The molecule has 118 valence electrons. The minimum absolute atomic E-state index is 0.0500. The lowest BCUT2D eigenvalue weighted by atomic mass is 9.86. The van der Waals surface area contributed by atoms with Gasteiger partial charge in [-0.15, -0.1) is 0 Å². The number of ether oxygens (including phenoxy) is 1. The van der Waals surface area contributed by atoms with Gasteiger partial charge < -0.3 is 14.7 Å². The third-order valence-electron chi connectivity index (χ3n) is 4.04. The zero-order valence-electron chi connectivity index (χ0n) is 13.6. The lowest BCUT2D eigenvalue weighted by Crippen LogP contribution is -2.38. The molecule has 1 atom stereocenters. The fourth-order valence-electron chi connectivity index (χ4n) is 2.89. The summed E-state index contributed by atoms with van der Waals surface area (Å²) in [5.74, 6) is 0.891. The van der Waals surface area contributed by atoms with Crippen LogP contribution in [0.1, 0.15) is 45.6 Å². The molecule has 0 saturated carbocycles. The van der Waals surface area contributed by atoms with Gasteiger partial charge in [0.05, 0.1) is 0 Å². The largest absolute Gasteiger partial charge is 0.491 e. The van der Waals surface area contributed by atoms with Gasteiger partial charge in [0, 0.05) is 6.54 Å². The van der Waals surface area contributed by atoms with E-state index in [0.29, 0.717) is 6.61 Å². The number of piperidine rings is 1. The minimum atomic E-state index is -0.420. The molecule has 0 spiro atoms. The summed E-state index contributed by atoms with van der Waals surface area (Å²) in [5, 5.41) is 10.2. The maximum absolute atomic E-state index is 10.2. The molecule has 0 aromatic heterocycles. The van der Waals surface area contributed by atoms with Gasteiger partial charge >= 0.3 is 0 Å². The Balaban J connectivity index is 1.87. The molecule has 3 nitrogen and oxygen atoms in total. The highest BCUT2D eigenvalue weighted by Gasteiger charge is 2.20. The number of likely N-dealkylation sites (tertiary alicyclic amines) is 1. The molecule has 1 fully saturated rings. The molecule has 1 heterocycles. The molecular formula is C18H29NO2. The summed E-state index contributed by atoms with van der Waals surface area (Å²) in [6.45, 7) is 9.84. The van der Waals surface area contributed by atoms with Gasteiger partial charge in [0.1, 0.15) is 18.5 Å². The third-order valence-corrected chi connectivity index (χ3v) is 4.04. The molecule has 0 radical (unpaired) electrons. The van der Waals surface area contributed by atoms with Gasteiger partial charge in [-0.2, -0.15) is 0 Å². The normalized spacial score (nSPS) is 18.5. The van der Waals surface area contributed by atoms with Crippen LogP contribution in [-0.4, -0.2) is 42.4 Å². The van der Waals surface area contributed by atoms with Gasteiger partial charge in [0.25, 0.3) is 0 Å². The Kier molecular flexibility index (Phi) is 5.65. The highest BCUT2D eigenvalue weighted by atomic mass is 16.5. The van der Waals surface area contributed by atoms with Crippen molar-refractivity contribution in [1.29, 1.82) is 0 Å².